The molecular weight excluding hydrogens is 252 g/mol. The highest BCUT2D eigenvalue weighted by atomic mass is 16.1. The van der Waals surface area contributed by atoms with Crippen molar-refractivity contribution in [3.63, 3.8) is 0 Å². The van der Waals surface area contributed by atoms with Gasteiger partial charge in [0.25, 0.3) is 5.91 Å². The highest BCUT2D eigenvalue weighted by molar-refractivity contribution is 5.93. The molecule has 5 heteroatoms. The van der Waals surface area contributed by atoms with E-state index in [1.54, 1.807) is 17.1 Å². The van der Waals surface area contributed by atoms with Gasteiger partial charge in [-0.05, 0) is 18.5 Å². The summed E-state index contributed by atoms with van der Waals surface area (Å²) in [6, 6.07) is 10.3. The van der Waals surface area contributed by atoms with Gasteiger partial charge in [-0.3, -0.25) is 9.48 Å². The number of hydrogen-bond donors (Lipinski definition) is 2. The molecule has 0 bridgehead atoms. The molecule has 1 saturated heterocycles. The molecule has 1 aliphatic rings. The number of amides is 1. The van der Waals surface area contributed by atoms with Gasteiger partial charge in [-0.1, -0.05) is 30.3 Å². The molecule has 1 amide bonds. The van der Waals surface area contributed by atoms with E-state index in [1.165, 1.54) is 5.56 Å². The molecule has 1 unspecified atom stereocenters. The largest absolute Gasteiger partial charge is 0.348 e. The van der Waals surface area contributed by atoms with Crippen LogP contribution in [0.1, 0.15) is 22.3 Å². The smallest absolute Gasteiger partial charge is 0.254 e. The number of nitrogens with one attached hydrogen (secondary N) is 2. The second-order valence-corrected chi connectivity index (χ2v) is 5.08. The molecule has 0 spiro atoms. The standard InChI is InChI=1S/C15H18N4O/c20-15(18-14-6-7-16-9-14)13-8-17-19(11-13)10-12-4-2-1-3-5-12/h1-5,8,11,14,16H,6-7,9-10H2,(H,18,20). The van der Waals surface area contributed by atoms with Gasteiger partial charge in [-0.2, -0.15) is 5.10 Å². The van der Waals surface area contributed by atoms with Crippen LogP contribution in [0.15, 0.2) is 42.7 Å². The predicted octanol–water partition coefficient (Wildman–Crippen LogP) is 1.02. The van der Waals surface area contributed by atoms with Crippen molar-refractivity contribution in [1.82, 2.24) is 20.4 Å². The summed E-state index contributed by atoms with van der Waals surface area (Å²) < 4.78 is 1.79. The van der Waals surface area contributed by atoms with Crippen LogP contribution < -0.4 is 10.6 Å². The van der Waals surface area contributed by atoms with Crippen molar-refractivity contribution in [2.75, 3.05) is 13.1 Å². The van der Waals surface area contributed by atoms with Crippen LogP contribution in [-0.2, 0) is 6.54 Å². The predicted molar refractivity (Wildman–Crippen MR) is 76.5 cm³/mol. The van der Waals surface area contributed by atoms with Crippen molar-refractivity contribution in [3.8, 4) is 0 Å². The van der Waals surface area contributed by atoms with Crippen LogP contribution >= 0.6 is 0 Å². The summed E-state index contributed by atoms with van der Waals surface area (Å²) in [5.41, 5.74) is 1.79. The average molecular weight is 270 g/mol. The minimum absolute atomic E-state index is 0.0435. The van der Waals surface area contributed by atoms with Crippen molar-refractivity contribution in [3.05, 3.63) is 53.9 Å². The fourth-order valence-electron chi connectivity index (χ4n) is 2.38. The number of hydrogen-bond acceptors (Lipinski definition) is 3. The summed E-state index contributed by atoms with van der Waals surface area (Å²) >= 11 is 0. The highest BCUT2D eigenvalue weighted by Crippen LogP contribution is 2.05. The topological polar surface area (TPSA) is 59.0 Å². The van der Waals surface area contributed by atoms with Crippen molar-refractivity contribution in [1.29, 1.82) is 0 Å². The fourth-order valence-corrected chi connectivity index (χ4v) is 2.38. The molecule has 0 saturated carbocycles. The zero-order chi connectivity index (χ0) is 13.8. The van der Waals surface area contributed by atoms with E-state index in [2.05, 4.69) is 15.7 Å². The summed E-state index contributed by atoms with van der Waals surface area (Å²) in [5.74, 6) is -0.0435. The van der Waals surface area contributed by atoms with E-state index in [0.717, 1.165) is 19.5 Å². The molecule has 5 nitrogen and oxygen atoms in total. The quantitative estimate of drug-likeness (QED) is 0.872. The Balaban J connectivity index is 1.62. The first-order chi connectivity index (χ1) is 9.81. The van der Waals surface area contributed by atoms with Gasteiger partial charge in [-0.15, -0.1) is 0 Å². The summed E-state index contributed by atoms with van der Waals surface area (Å²) in [7, 11) is 0. The van der Waals surface area contributed by atoms with Crippen LogP contribution in [0.4, 0.5) is 0 Å². The Morgan fingerprint density at radius 2 is 2.25 bits per heavy atom. The van der Waals surface area contributed by atoms with E-state index in [4.69, 9.17) is 0 Å². The van der Waals surface area contributed by atoms with Gasteiger partial charge in [0.1, 0.15) is 0 Å². The molecule has 1 atom stereocenters. The minimum Gasteiger partial charge on any atom is -0.348 e. The third-order valence-corrected chi connectivity index (χ3v) is 3.48. The number of benzene rings is 1. The molecular formula is C15H18N4O. The van der Waals surface area contributed by atoms with E-state index in [9.17, 15) is 4.79 Å². The van der Waals surface area contributed by atoms with Gasteiger partial charge < -0.3 is 10.6 Å². The maximum atomic E-state index is 12.1. The SMILES string of the molecule is O=C(NC1CCNC1)c1cnn(Cc2ccccc2)c1. The molecule has 0 aliphatic carbocycles. The number of aromatic nitrogens is 2. The van der Waals surface area contributed by atoms with E-state index in [-0.39, 0.29) is 11.9 Å². The number of carbonyl (C=O) groups is 1. The molecule has 1 aliphatic heterocycles. The van der Waals surface area contributed by atoms with Crippen molar-refractivity contribution in [2.24, 2.45) is 0 Å². The summed E-state index contributed by atoms with van der Waals surface area (Å²) in [4.78, 5) is 12.1. The fraction of sp³-hybridized carbons (Fsp3) is 0.333. The minimum atomic E-state index is -0.0435. The second kappa shape index (κ2) is 5.88. The van der Waals surface area contributed by atoms with E-state index >= 15 is 0 Å². The molecule has 1 aromatic carbocycles. The summed E-state index contributed by atoms with van der Waals surface area (Å²) in [6.07, 6.45) is 4.41. The molecule has 1 aromatic heterocycles. The van der Waals surface area contributed by atoms with Gasteiger partial charge in [0.2, 0.25) is 0 Å². The maximum Gasteiger partial charge on any atom is 0.254 e. The first kappa shape index (κ1) is 12.9. The van der Waals surface area contributed by atoms with Crippen LogP contribution in [0.3, 0.4) is 0 Å². The molecule has 2 heterocycles. The van der Waals surface area contributed by atoms with E-state index < -0.39 is 0 Å². The molecule has 20 heavy (non-hydrogen) atoms. The highest BCUT2D eigenvalue weighted by Gasteiger charge is 2.18. The van der Waals surface area contributed by atoms with Crippen LogP contribution in [0, 0.1) is 0 Å². The Labute approximate surface area is 118 Å². The first-order valence-corrected chi connectivity index (χ1v) is 6.89. The summed E-state index contributed by atoms with van der Waals surface area (Å²) in [6.45, 7) is 2.50. The Hall–Kier alpha value is -2.14. The molecule has 0 radical (unpaired) electrons. The zero-order valence-electron chi connectivity index (χ0n) is 11.2. The number of carbonyl (C=O) groups excluding carboxylic acids is 1. The van der Waals surface area contributed by atoms with Gasteiger partial charge in [0.05, 0.1) is 18.3 Å². The monoisotopic (exact) mass is 270 g/mol. The second-order valence-electron chi connectivity index (χ2n) is 5.08. The molecule has 1 fully saturated rings. The number of rotatable bonds is 4. The van der Waals surface area contributed by atoms with Crippen molar-refractivity contribution < 1.29 is 4.79 Å². The Morgan fingerprint density at radius 1 is 1.40 bits per heavy atom. The van der Waals surface area contributed by atoms with Gasteiger partial charge in [-0.25, -0.2) is 0 Å². The first-order valence-electron chi connectivity index (χ1n) is 6.89. The van der Waals surface area contributed by atoms with Crippen molar-refractivity contribution >= 4 is 5.91 Å². The lowest BCUT2D eigenvalue weighted by atomic mass is 10.2. The Morgan fingerprint density at radius 3 is 3.00 bits per heavy atom. The zero-order valence-corrected chi connectivity index (χ0v) is 11.2. The van der Waals surface area contributed by atoms with Crippen LogP contribution in [0.25, 0.3) is 0 Å². The maximum absolute atomic E-state index is 12.1. The third kappa shape index (κ3) is 3.05. The van der Waals surface area contributed by atoms with Crippen LogP contribution in [0.5, 0.6) is 0 Å². The number of nitrogens with zero attached hydrogens (tertiary/aromatic N) is 2. The van der Waals surface area contributed by atoms with Crippen LogP contribution in [-0.4, -0.2) is 34.8 Å². The average Bonchev–Trinajstić information content (AvgIpc) is 3.11. The molecule has 104 valence electrons. The molecule has 2 aromatic rings. The lowest BCUT2D eigenvalue weighted by Gasteiger charge is -2.09. The normalized spacial score (nSPS) is 18.1. The van der Waals surface area contributed by atoms with Crippen molar-refractivity contribution in [2.45, 2.75) is 19.0 Å². The summed E-state index contributed by atoms with van der Waals surface area (Å²) in [5, 5.41) is 10.5. The van der Waals surface area contributed by atoms with E-state index in [1.807, 2.05) is 30.3 Å². The van der Waals surface area contributed by atoms with Crippen LogP contribution in [0.2, 0.25) is 0 Å². The van der Waals surface area contributed by atoms with Gasteiger partial charge in [0, 0.05) is 18.8 Å². The molecule has 3 rings (SSSR count). The Kier molecular flexibility index (Phi) is 3.78. The van der Waals surface area contributed by atoms with E-state index in [0.29, 0.717) is 12.1 Å². The lowest BCUT2D eigenvalue weighted by molar-refractivity contribution is 0.0940. The van der Waals surface area contributed by atoms with Gasteiger partial charge >= 0.3 is 0 Å². The Bertz CT molecular complexity index is 573. The lowest BCUT2D eigenvalue weighted by Crippen LogP contribution is -2.36. The van der Waals surface area contributed by atoms with Gasteiger partial charge in [0.15, 0.2) is 0 Å². The third-order valence-electron chi connectivity index (χ3n) is 3.48. The molecule has 2 N–H and O–H groups in total.